The monoisotopic (exact) mass is 262 g/mol. The van der Waals surface area contributed by atoms with Gasteiger partial charge in [0.2, 0.25) is 0 Å². The van der Waals surface area contributed by atoms with Crippen LogP contribution in [0.4, 0.5) is 0 Å². The van der Waals surface area contributed by atoms with Gasteiger partial charge in [-0.15, -0.1) is 0 Å². The number of amides is 1. The third-order valence-corrected chi connectivity index (χ3v) is 3.42. The molecular formula is C14H18N2O3. The van der Waals surface area contributed by atoms with Crippen molar-refractivity contribution in [3.8, 4) is 0 Å². The van der Waals surface area contributed by atoms with E-state index < -0.39 is 5.97 Å². The summed E-state index contributed by atoms with van der Waals surface area (Å²) in [7, 11) is 0. The molecule has 0 aliphatic carbocycles. The summed E-state index contributed by atoms with van der Waals surface area (Å²) in [5.41, 5.74) is 1.76. The smallest absolute Gasteiger partial charge is 0.254 e. The number of benzene rings is 1. The Morgan fingerprint density at radius 1 is 1.32 bits per heavy atom. The first-order chi connectivity index (χ1) is 9.06. The fourth-order valence-electron chi connectivity index (χ4n) is 2.37. The van der Waals surface area contributed by atoms with Crippen molar-refractivity contribution in [2.75, 3.05) is 32.7 Å². The van der Waals surface area contributed by atoms with E-state index in [2.05, 4.69) is 0 Å². The van der Waals surface area contributed by atoms with E-state index in [1.54, 1.807) is 4.90 Å². The maximum Gasteiger partial charge on any atom is 0.254 e. The summed E-state index contributed by atoms with van der Waals surface area (Å²) in [5.74, 6) is -1.01. The zero-order chi connectivity index (χ0) is 13.8. The third kappa shape index (κ3) is 3.54. The Morgan fingerprint density at radius 2 is 2.00 bits per heavy atom. The molecule has 0 radical (unpaired) electrons. The molecule has 0 spiro atoms. The fourth-order valence-corrected chi connectivity index (χ4v) is 2.37. The minimum atomic E-state index is -1.03. The number of nitrogens with zero attached hydrogens (tertiary/aromatic N) is 1. The predicted octanol–water partition coefficient (Wildman–Crippen LogP) is -1.91. The molecule has 1 amide bonds. The lowest BCUT2D eigenvalue weighted by Crippen LogP contribution is -3.16. The Hall–Kier alpha value is -1.88. The van der Waals surface area contributed by atoms with Crippen LogP contribution in [0, 0.1) is 6.92 Å². The second kappa shape index (κ2) is 5.84. The van der Waals surface area contributed by atoms with Gasteiger partial charge in [-0.1, -0.05) is 17.7 Å². The molecule has 5 heteroatoms. The number of hydrogen-bond donors (Lipinski definition) is 1. The Labute approximate surface area is 112 Å². The van der Waals surface area contributed by atoms with E-state index in [-0.39, 0.29) is 12.5 Å². The topological polar surface area (TPSA) is 64.9 Å². The van der Waals surface area contributed by atoms with E-state index >= 15 is 0 Å². The zero-order valence-electron chi connectivity index (χ0n) is 11.0. The van der Waals surface area contributed by atoms with Crippen LogP contribution in [0.2, 0.25) is 0 Å². The highest BCUT2D eigenvalue weighted by Crippen LogP contribution is 2.07. The molecule has 1 fully saturated rings. The van der Waals surface area contributed by atoms with Crippen LogP contribution in [0.15, 0.2) is 24.3 Å². The molecular weight excluding hydrogens is 244 g/mol. The normalized spacial score (nSPS) is 16.4. The number of aliphatic carboxylic acids is 1. The summed E-state index contributed by atoms with van der Waals surface area (Å²) >= 11 is 0. The molecule has 0 atom stereocenters. The standard InChI is InChI=1S/C14H18N2O3/c1-11-3-2-4-12(9-11)14(19)16-7-5-15(6-8-16)10-13(17)18/h2-4,9H,5-8,10H2,1H3,(H,17,18). The van der Waals surface area contributed by atoms with Crippen LogP contribution in [0.5, 0.6) is 0 Å². The molecule has 102 valence electrons. The Kier molecular flexibility index (Phi) is 4.16. The van der Waals surface area contributed by atoms with Gasteiger partial charge in [-0.3, -0.25) is 4.79 Å². The molecule has 1 aliphatic heterocycles. The van der Waals surface area contributed by atoms with Crippen molar-refractivity contribution in [2.45, 2.75) is 6.92 Å². The Bertz CT molecular complexity index is 479. The number of piperazine rings is 1. The highest BCUT2D eigenvalue weighted by Gasteiger charge is 2.24. The molecule has 0 bridgehead atoms. The van der Waals surface area contributed by atoms with Crippen LogP contribution in [-0.4, -0.2) is 49.5 Å². The molecule has 1 aromatic rings. The number of carbonyl (C=O) groups excluding carboxylic acids is 2. The Morgan fingerprint density at radius 3 is 2.58 bits per heavy atom. The molecule has 1 heterocycles. The molecule has 0 unspecified atom stereocenters. The van der Waals surface area contributed by atoms with E-state index in [1.165, 1.54) is 0 Å². The summed E-state index contributed by atoms with van der Waals surface area (Å²) < 4.78 is 0. The highest BCUT2D eigenvalue weighted by molar-refractivity contribution is 5.94. The van der Waals surface area contributed by atoms with E-state index in [9.17, 15) is 14.7 Å². The van der Waals surface area contributed by atoms with E-state index in [0.29, 0.717) is 31.7 Å². The minimum Gasteiger partial charge on any atom is -0.544 e. The molecule has 1 aromatic carbocycles. The molecule has 1 N–H and O–H groups in total. The maximum atomic E-state index is 12.3. The van der Waals surface area contributed by atoms with E-state index in [0.717, 1.165) is 10.5 Å². The van der Waals surface area contributed by atoms with Crippen LogP contribution < -0.4 is 10.0 Å². The van der Waals surface area contributed by atoms with E-state index in [4.69, 9.17) is 0 Å². The minimum absolute atomic E-state index is 0.0203. The van der Waals surface area contributed by atoms with Gasteiger partial charge in [-0.2, -0.15) is 0 Å². The SMILES string of the molecule is Cc1cccc(C(=O)N2CC[NH+](CC(=O)[O-])CC2)c1. The van der Waals surface area contributed by atoms with Crippen molar-refractivity contribution in [3.63, 3.8) is 0 Å². The second-order valence-electron chi connectivity index (χ2n) is 4.96. The number of aryl methyl sites for hydroxylation is 1. The number of quaternary nitrogens is 1. The fraction of sp³-hybridized carbons (Fsp3) is 0.429. The average molecular weight is 262 g/mol. The lowest BCUT2D eigenvalue weighted by Gasteiger charge is -2.32. The van der Waals surface area contributed by atoms with Crippen molar-refractivity contribution < 1.29 is 19.6 Å². The van der Waals surface area contributed by atoms with Gasteiger partial charge in [-0.05, 0) is 19.1 Å². The van der Waals surface area contributed by atoms with Gasteiger partial charge in [-0.25, -0.2) is 0 Å². The van der Waals surface area contributed by atoms with Gasteiger partial charge >= 0.3 is 0 Å². The first-order valence-corrected chi connectivity index (χ1v) is 6.45. The summed E-state index contributed by atoms with van der Waals surface area (Å²) in [6.07, 6.45) is 0. The molecule has 19 heavy (non-hydrogen) atoms. The number of carboxylic acids is 1. The van der Waals surface area contributed by atoms with Gasteiger partial charge in [0.15, 0.2) is 0 Å². The van der Waals surface area contributed by atoms with Crippen LogP contribution in [-0.2, 0) is 4.79 Å². The Balaban J connectivity index is 1.94. The molecule has 2 rings (SSSR count). The lowest BCUT2D eigenvalue weighted by atomic mass is 10.1. The average Bonchev–Trinajstić information content (AvgIpc) is 2.38. The quantitative estimate of drug-likeness (QED) is 0.691. The summed E-state index contributed by atoms with van der Waals surface area (Å²) in [6, 6.07) is 7.53. The van der Waals surface area contributed by atoms with Gasteiger partial charge < -0.3 is 19.7 Å². The van der Waals surface area contributed by atoms with Crippen LogP contribution in [0.3, 0.4) is 0 Å². The van der Waals surface area contributed by atoms with Crippen LogP contribution >= 0.6 is 0 Å². The maximum absolute atomic E-state index is 12.3. The first kappa shape index (κ1) is 13.5. The van der Waals surface area contributed by atoms with Crippen molar-refractivity contribution in [1.82, 2.24) is 4.90 Å². The largest absolute Gasteiger partial charge is 0.544 e. The summed E-state index contributed by atoms with van der Waals surface area (Å²) in [4.78, 5) is 25.5. The summed E-state index contributed by atoms with van der Waals surface area (Å²) in [6.45, 7) is 4.48. The third-order valence-electron chi connectivity index (χ3n) is 3.42. The number of hydrogen-bond acceptors (Lipinski definition) is 3. The van der Waals surface area contributed by atoms with Gasteiger partial charge in [0.25, 0.3) is 5.91 Å². The number of nitrogens with one attached hydrogen (secondary N) is 1. The number of carbonyl (C=O) groups is 2. The molecule has 5 nitrogen and oxygen atoms in total. The first-order valence-electron chi connectivity index (χ1n) is 6.45. The molecule has 0 aromatic heterocycles. The van der Waals surface area contributed by atoms with Crippen molar-refractivity contribution >= 4 is 11.9 Å². The predicted molar refractivity (Wildman–Crippen MR) is 67.7 cm³/mol. The van der Waals surface area contributed by atoms with Crippen molar-refractivity contribution in [1.29, 1.82) is 0 Å². The van der Waals surface area contributed by atoms with E-state index in [1.807, 2.05) is 31.2 Å². The van der Waals surface area contributed by atoms with Gasteiger partial charge in [0.05, 0.1) is 32.1 Å². The van der Waals surface area contributed by atoms with Crippen LogP contribution in [0.1, 0.15) is 15.9 Å². The van der Waals surface area contributed by atoms with Gasteiger partial charge in [0, 0.05) is 5.56 Å². The highest BCUT2D eigenvalue weighted by atomic mass is 16.4. The number of carboxylic acid groups (broad SMARTS) is 1. The van der Waals surface area contributed by atoms with Crippen molar-refractivity contribution in [3.05, 3.63) is 35.4 Å². The lowest BCUT2D eigenvalue weighted by molar-refractivity contribution is -0.898. The molecule has 0 saturated carbocycles. The zero-order valence-corrected chi connectivity index (χ0v) is 11.0. The van der Waals surface area contributed by atoms with Crippen molar-refractivity contribution in [2.24, 2.45) is 0 Å². The molecule has 1 aliphatic rings. The van der Waals surface area contributed by atoms with Crippen LogP contribution in [0.25, 0.3) is 0 Å². The van der Waals surface area contributed by atoms with Gasteiger partial charge in [0.1, 0.15) is 6.54 Å². The molecule has 1 saturated heterocycles. The number of rotatable bonds is 3. The second-order valence-corrected chi connectivity index (χ2v) is 4.96. The summed E-state index contributed by atoms with van der Waals surface area (Å²) in [5, 5.41) is 10.5.